The number of nitrogens with zero attached hydrogens (tertiary/aromatic N) is 1. The third kappa shape index (κ3) is 3.35. The largest absolute Gasteiger partial charge is 0.497 e. The molecule has 1 atom stereocenters. The monoisotopic (exact) mass is 269 g/mol. The highest BCUT2D eigenvalue weighted by Gasteiger charge is 2.08. The maximum atomic E-state index is 8.47. The molecule has 0 spiro atoms. The number of benzene rings is 1. The molecule has 2 aromatic rings. The van der Waals surface area contributed by atoms with Gasteiger partial charge in [-0.15, -0.1) is 0 Å². The van der Waals surface area contributed by atoms with Gasteiger partial charge in [0.15, 0.2) is 0 Å². The Hall–Kier alpha value is -1.81. The minimum Gasteiger partial charge on any atom is -0.497 e. The zero-order valence-corrected chi connectivity index (χ0v) is 10.3. The third-order valence-electron chi connectivity index (χ3n) is 2.43. The Bertz CT molecular complexity index is 896. The molecule has 1 aromatic heterocycles. The van der Waals surface area contributed by atoms with E-state index in [2.05, 4.69) is 10.3 Å². The van der Waals surface area contributed by atoms with E-state index in [0.29, 0.717) is 5.39 Å². The van der Waals surface area contributed by atoms with Crippen LogP contribution in [0.2, 0.25) is 0 Å². The molecule has 0 aliphatic carbocycles. The second-order valence-electron chi connectivity index (χ2n) is 3.64. The van der Waals surface area contributed by atoms with E-state index in [1.165, 1.54) is 19.4 Å². The molecule has 1 unspecified atom stereocenters. The number of fused-ring (bicyclic) bond motifs is 1. The zero-order valence-electron chi connectivity index (χ0n) is 20.3. The summed E-state index contributed by atoms with van der Waals surface area (Å²) in [7, 11) is 1.36. The fourth-order valence-electron chi connectivity index (χ4n) is 1.64. The number of nitrogens with one attached hydrogen (secondary N) is 1. The van der Waals surface area contributed by atoms with Gasteiger partial charge in [0.25, 0.3) is 0 Å². The molecule has 0 saturated carbocycles. The van der Waals surface area contributed by atoms with Crippen LogP contribution in [0.3, 0.4) is 0 Å². The van der Waals surface area contributed by atoms with Gasteiger partial charge in [-0.05, 0) is 38.2 Å². The second kappa shape index (κ2) is 6.38. The van der Waals surface area contributed by atoms with E-state index in [0.717, 1.165) is 0 Å². The second-order valence-corrected chi connectivity index (χ2v) is 3.64. The minimum atomic E-state index is -3.62. The van der Waals surface area contributed by atoms with Crippen molar-refractivity contribution in [1.29, 1.82) is 0 Å². The van der Waals surface area contributed by atoms with Crippen molar-refractivity contribution in [3.8, 4) is 5.75 Å². The SMILES string of the molecule is [2H]C([2H])([2H])C([2H])(Nc1cc(OC)cc2cccnc12)C([2H])([2H])C([2H])([2H])C([2H])([2H])N. The van der Waals surface area contributed by atoms with Crippen LogP contribution >= 0.6 is 0 Å². The van der Waals surface area contributed by atoms with Crippen molar-refractivity contribution in [2.24, 2.45) is 5.73 Å². The molecular weight excluding hydrogens is 238 g/mol. The first-order chi connectivity index (χ1) is 13.0. The van der Waals surface area contributed by atoms with Gasteiger partial charge in [-0.2, -0.15) is 0 Å². The molecule has 3 N–H and O–H groups in total. The molecule has 19 heavy (non-hydrogen) atoms. The number of pyridine rings is 1. The van der Waals surface area contributed by atoms with Crippen molar-refractivity contribution in [1.82, 2.24) is 4.98 Å². The Balaban J connectivity index is 2.75. The highest BCUT2D eigenvalue weighted by atomic mass is 16.5. The molecule has 1 heterocycles. The van der Waals surface area contributed by atoms with Crippen LogP contribution in [0, 0.1) is 0 Å². The van der Waals surface area contributed by atoms with Crippen LogP contribution in [0.5, 0.6) is 5.75 Å². The van der Waals surface area contributed by atoms with Crippen LogP contribution in [0.25, 0.3) is 10.9 Å². The fourth-order valence-corrected chi connectivity index (χ4v) is 1.64. The number of anilines is 1. The molecule has 0 amide bonds. The average Bonchev–Trinajstić information content (AvgIpc) is 2.59. The summed E-state index contributed by atoms with van der Waals surface area (Å²) in [5.41, 5.74) is 5.26. The summed E-state index contributed by atoms with van der Waals surface area (Å²) in [4.78, 5) is 4.12. The lowest BCUT2D eigenvalue weighted by Gasteiger charge is -2.17. The Labute approximate surface area is 128 Å². The van der Waals surface area contributed by atoms with Crippen LogP contribution in [0.15, 0.2) is 30.5 Å². The van der Waals surface area contributed by atoms with E-state index in [1.807, 2.05) is 0 Å². The molecular formula is C15H21N3O. The van der Waals surface area contributed by atoms with Gasteiger partial charge in [0.05, 0.1) is 19.7 Å². The van der Waals surface area contributed by atoms with Gasteiger partial charge < -0.3 is 15.8 Å². The number of ether oxygens (including phenoxy) is 1. The Morgan fingerprint density at radius 3 is 3.26 bits per heavy atom. The lowest BCUT2D eigenvalue weighted by Crippen LogP contribution is -2.17. The van der Waals surface area contributed by atoms with Gasteiger partial charge in [0, 0.05) is 36.0 Å². The molecule has 0 fully saturated rings. The summed E-state index contributed by atoms with van der Waals surface area (Å²) in [5, 5.41) is 2.76. The van der Waals surface area contributed by atoms with E-state index in [4.69, 9.17) is 24.2 Å². The standard InChI is InChI=1S/C15H21N3O/c1-11(5-3-7-16)18-14-10-13(19-2)9-12-6-4-8-17-15(12)14/h4,6,8-11,18H,3,5,7,16H2,1-2H3/i1D3,3D2,5D2,7D2,11D. The van der Waals surface area contributed by atoms with Crippen molar-refractivity contribution >= 4 is 16.6 Å². The third-order valence-corrected chi connectivity index (χ3v) is 2.43. The molecule has 0 radical (unpaired) electrons. The van der Waals surface area contributed by atoms with Crippen molar-refractivity contribution in [3.05, 3.63) is 30.5 Å². The van der Waals surface area contributed by atoms with E-state index < -0.39 is 32.1 Å². The molecule has 4 nitrogen and oxygen atoms in total. The number of aromatic nitrogens is 1. The van der Waals surface area contributed by atoms with E-state index in [1.54, 1.807) is 18.2 Å². The van der Waals surface area contributed by atoms with Gasteiger partial charge in [0.2, 0.25) is 0 Å². The maximum absolute atomic E-state index is 8.47. The molecule has 4 heteroatoms. The van der Waals surface area contributed by atoms with Crippen molar-refractivity contribution in [2.75, 3.05) is 18.9 Å². The lowest BCUT2D eigenvalue weighted by molar-refractivity contribution is 0.415. The van der Waals surface area contributed by atoms with Gasteiger partial charge in [-0.25, -0.2) is 0 Å². The highest BCUT2D eigenvalue weighted by molar-refractivity contribution is 5.91. The van der Waals surface area contributed by atoms with E-state index in [-0.39, 0.29) is 17.0 Å². The Kier molecular flexibility index (Phi) is 1.91. The highest BCUT2D eigenvalue weighted by Crippen LogP contribution is 2.28. The molecule has 0 bridgehead atoms. The van der Waals surface area contributed by atoms with Crippen molar-refractivity contribution in [3.63, 3.8) is 0 Å². The first-order valence-corrected chi connectivity index (χ1v) is 5.49. The predicted molar refractivity (Wildman–Crippen MR) is 79.7 cm³/mol. The van der Waals surface area contributed by atoms with Gasteiger partial charge in [0.1, 0.15) is 5.75 Å². The summed E-state index contributed by atoms with van der Waals surface area (Å²) < 4.78 is 83.8. The molecule has 2 rings (SSSR count). The molecule has 1 aromatic carbocycles. The van der Waals surface area contributed by atoms with Crippen LogP contribution in [-0.4, -0.2) is 24.6 Å². The summed E-state index contributed by atoms with van der Waals surface area (Å²) in [5.74, 6) is 0.263. The van der Waals surface area contributed by atoms with E-state index in [9.17, 15) is 0 Å². The predicted octanol–water partition coefficient (Wildman–Crippen LogP) is 2.78. The van der Waals surface area contributed by atoms with Gasteiger partial charge >= 0.3 is 0 Å². The number of hydrogen-bond donors (Lipinski definition) is 2. The lowest BCUT2D eigenvalue weighted by atomic mass is 10.1. The average molecular weight is 269 g/mol. The minimum absolute atomic E-state index is 0.0941. The molecule has 0 aliphatic rings. The summed E-state index contributed by atoms with van der Waals surface area (Å²) in [6, 6.07) is 2.81. The zero-order chi connectivity index (χ0) is 22.5. The normalized spacial score (nSPS) is 24.7. The summed E-state index contributed by atoms with van der Waals surface area (Å²) in [6.07, 6.45) is -5.76. The van der Waals surface area contributed by atoms with Crippen LogP contribution in [-0.2, 0) is 0 Å². The maximum Gasteiger partial charge on any atom is 0.121 e. The van der Waals surface area contributed by atoms with Crippen LogP contribution < -0.4 is 15.8 Å². The smallest absolute Gasteiger partial charge is 0.121 e. The van der Waals surface area contributed by atoms with Crippen molar-refractivity contribution < 1.29 is 18.4 Å². The first-order valence-electron chi connectivity index (χ1n) is 10.5. The number of hydrogen-bond acceptors (Lipinski definition) is 4. The van der Waals surface area contributed by atoms with E-state index >= 15 is 0 Å². The number of nitrogens with two attached hydrogens (primary N) is 1. The molecule has 0 saturated heterocycles. The quantitative estimate of drug-likeness (QED) is 0.846. The summed E-state index contributed by atoms with van der Waals surface area (Å²) in [6.45, 7) is -6.70. The fraction of sp³-hybridized carbons (Fsp3) is 0.400. The Morgan fingerprint density at radius 1 is 1.63 bits per heavy atom. The van der Waals surface area contributed by atoms with Crippen LogP contribution in [0.4, 0.5) is 5.69 Å². The summed E-state index contributed by atoms with van der Waals surface area (Å²) >= 11 is 0. The van der Waals surface area contributed by atoms with Gasteiger partial charge in [-0.3, -0.25) is 4.98 Å². The first kappa shape index (κ1) is 5.67. The van der Waals surface area contributed by atoms with Crippen LogP contribution in [0.1, 0.15) is 33.3 Å². The van der Waals surface area contributed by atoms with Crippen molar-refractivity contribution in [2.45, 2.75) is 25.6 Å². The number of rotatable bonds is 6. The molecule has 102 valence electrons. The Morgan fingerprint density at radius 2 is 2.53 bits per heavy atom. The number of methoxy groups -OCH3 is 1. The molecule has 0 aliphatic heterocycles. The topological polar surface area (TPSA) is 60.2 Å². The van der Waals surface area contributed by atoms with Gasteiger partial charge in [-0.1, -0.05) is 6.07 Å².